The average Bonchev–Trinajstić information content (AvgIpc) is 2.76. The van der Waals surface area contributed by atoms with Crippen molar-refractivity contribution in [3.8, 4) is 11.3 Å². The number of hydrogen-bond donors (Lipinski definition) is 0. The molecule has 1 aliphatic rings. The lowest BCUT2D eigenvalue weighted by Gasteiger charge is -2.10. The number of nitrogens with zero attached hydrogens (tertiary/aromatic N) is 2. The van der Waals surface area contributed by atoms with Crippen molar-refractivity contribution in [2.75, 3.05) is 5.75 Å². The van der Waals surface area contributed by atoms with Crippen LogP contribution in [-0.4, -0.2) is 15.7 Å². The number of aromatic nitrogens is 2. The molecule has 0 saturated heterocycles. The summed E-state index contributed by atoms with van der Waals surface area (Å²) in [6, 6.07) is 6.42. The van der Waals surface area contributed by atoms with Gasteiger partial charge < -0.3 is 0 Å². The predicted molar refractivity (Wildman–Crippen MR) is 76.4 cm³/mol. The highest BCUT2D eigenvalue weighted by molar-refractivity contribution is 7.99. The highest BCUT2D eigenvalue weighted by atomic mass is 35.5. The van der Waals surface area contributed by atoms with Crippen molar-refractivity contribution in [1.82, 2.24) is 9.97 Å². The normalized spacial score (nSPS) is 13.7. The van der Waals surface area contributed by atoms with Crippen LogP contribution < -0.4 is 0 Å². The molecular formula is C14H13ClN2S. The minimum atomic E-state index is 0.353. The molecule has 18 heavy (non-hydrogen) atoms. The lowest BCUT2D eigenvalue weighted by molar-refractivity contribution is 0.980. The fraction of sp³-hybridized carbons (Fsp3) is 0.286. The topological polar surface area (TPSA) is 25.8 Å². The van der Waals surface area contributed by atoms with E-state index in [1.165, 1.54) is 16.0 Å². The third-order valence-corrected chi connectivity index (χ3v) is 4.43. The molecule has 3 rings (SSSR count). The largest absolute Gasteiger partial charge is 0.223 e. The van der Waals surface area contributed by atoms with Crippen LogP contribution in [0.2, 0.25) is 5.28 Å². The van der Waals surface area contributed by atoms with Crippen molar-refractivity contribution >= 4 is 23.4 Å². The van der Waals surface area contributed by atoms with Crippen LogP contribution in [0.5, 0.6) is 0 Å². The minimum absolute atomic E-state index is 0.353. The monoisotopic (exact) mass is 276 g/mol. The van der Waals surface area contributed by atoms with Gasteiger partial charge in [-0.15, -0.1) is 11.8 Å². The second-order valence-electron chi connectivity index (χ2n) is 4.53. The molecule has 0 aliphatic carbocycles. The van der Waals surface area contributed by atoms with E-state index >= 15 is 0 Å². The summed E-state index contributed by atoms with van der Waals surface area (Å²) in [6.45, 7) is 4.22. The van der Waals surface area contributed by atoms with Gasteiger partial charge in [0.05, 0.1) is 16.3 Å². The molecule has 0 fully saturated rings. The molecule has 1 aromatic heterocycles. The first kappa shape index (κ1) is 12.0. The van der Waals surface area contributed by atoms with Gasteiger partial charge in [0.2, 0.25) is 5.28 Å². The molecule has 4 heteroatoms. The predicted octanol–water partition coefficient (Wildman–Crippen LogP) is 4.06. The fourth-order valence-electron chi connectivity index (χ4n) is 2.30. The van der Waals surface area contributed by atoms with E-state index in [2.05, 4.69) is 42.0 Å². The first-order chi connectivity index (χ1) is 8.65. The second kappa shape index (κ2) is 4.56. The van der Waals surface area contributed by atoms with E-state index in [0.29, 0.717) is 5.28 Å². The summed E-state index contributed by atoms with van der Waals surface area (Å²) in [4.78, 5) is 9.96. The van der Waals surface area contributed by atoms with E-state index < -0.39 is 0 Å². The smallest absolute Gasteiger partial charge is 0.222 e. The van der Waals surface area contributed by atoms with Gasteiger partial charge in [-0.3, -0.25) is 0 Å². The molecule has 2 heterocycles. The molecule has 0 spiro atoms. The molecule has 0 radical (unpaired) electrons. The van der Waals surface area contributed by atoms with Gasteiger partial charge in [0.1, 0.15) is 0 Å². The van der Waals surface area contributed by atoms with Crippen molar-refractivity contribution in [1.29, 1.82) is 0 Å². The van der Waals surface area contributed by atoms with Crippen molar-refractivity contribution in [2.24, 2.45) is 0 Å². The average molecular weight is 277 g/mol. The highest BCUT2D eigenvalue weighted by Gasteiger charge is 2.21. The molecule has 0 saturated carbocycles. The van der Waals surface area contributed by atoms with Crippen molar-refractivity contribution in [3.05, 3.63) is 40.3 Å². The third-order valence-electron chi connectivity index (χ3n) is 3.13. The van der Waals surface area contributed by atoms with Crippen LogP contribution in [0.4, 0.5) is 0 Å². The van der Waals surface area contributed by atoms with E-state index in [0.717, 1.165) is 29.1 Å². The molecule has 0 atom stereocenters. The number of halogens is 1. The lowest BCUT2D eigenvalue weighted by atomic mass is 10.0. The zero-order chi connectivity index (χ0) is 12.7. The van der Waals surface area contributed by atoms with Crippen molar-refractivity contribution in [2.45, 2.75) is 25.2 Å². The summed E-state index contributed by atoms with van der Waals surface area (Å²) in [5.41, 5.74) is 5.75. The van der Waals surface area contributed by atoms with Crippen LogP contribution in [0, 0.1) is 13.8 Å². The molecule has 0 unspecified atom stereocenters. The molecular weight excluding hydrogens is 264 g/mol. The van der Waals surface area contributed by atoms with Crippen LogP contribution in [-0.2, 0) is 6.42 Å². The zero-order valence-corrected chi connectivity index (χ0v) is 11.9. The Morgan fingerprint density at radius 2 is 2.06 bits per heavy atom. The van der Waals surface area contributed by atoms with Crippen LogP contribution in [0.3, 0.4) is 0 Å². The van der Waals surface area contributed by atoms with E-state index in [9.17, 15) is 0 Å². The Morgan fingerprint density at radius 1 is 1.22 bits per heavy atom. The number of hydrogen-bond acceptors (Lipinski definition) is 3. The summed E-state index contributed by atoms with van der Waals surface area (Å²) >= 11 is 7.86. The van der Waals surface area contributed by atoms with Crippen LogP contribution in [0.15, 0.2) is 23.1 Å². The first-order valence-corrected chi connectivity index (χ1v) is 7.28. The Balaban J connectivity index is 2.23. The van der Waals surface area contributed by atoms with E-state index in [-0.39, 0.29) is 0 Å². The summed E-state index contributed by atoms with van der Waals surface area (Å²) in [5.74, 6) is 1.07. The maximum Gasteiger partial charge on any atom is 0.223 e. The van der Waals surface area contributed by atoms with E-state index in [4.69, 9.17) is 11.6 Å². The standard InChI is InChI=1S/C14H13ClN2S/c1-8-3-4-10(9(2)7-8)12-13-11(5-6-18-13)16-14(15)17-12/h3-4,7H,5-6H2,1-2H3. The van der Waals surface area contributed by atoms with E-state index in [1.807, 2.05) is 11.8 Å². The second-order valence-corrected chi connectivity index (χ2v) is 5.98. The molecule has 0 N–H and O–H groups in total. The van der Waals surface area contributed by atoms with Gasteiger partial charge in [-0.05, 0) is 31.0 Å². The quantitative estimate of drug-likeness (QED) is 0.735. The van der Waals surface area contributed by atoms with Gasteiger partial charge in [-0.1, -0.05) is 23.8 Å². The van der Waals surface area contributed by atoms with Crippen LogP contribution in [0.1, 0.15) is 16.8 Å². The Hall–Kier alpha value is -1.06. The number of fused-ring (bicyclic) bond motifs is 1. The van der Waals surface area contributed by atoms with Crippen molar-refractivity contribution < 1.29 is 0 Å². The molecule has 92 valence electrons. The Morgan fingerprint density at radius 3 is 2.83 bits per heavy atom. The molecule has 0 bridgehead atoms. The van der Waals surface area contributed by atoms with Crippen LogP contribution >= 0.6 is 23.4 Å². The molecule has 1 aliphatic heterocycles. The number of rotatable bonds is 1. The summed E-state index contributed by atoms with van der Waals surface area (Å²) in [6.07, 6.45) is 0.986. The molecule has 2 aromatic rings. The number of aryl methyl sites for hydroxylation is 3. The lowest BCUT2D eigenvalue weighted by Crippen LogP contribution is -1.96. The molecule has 2 nitrogen and oxygen atoms in total. The molecule has 0 amide bonds. The van der Waals surface area contributed by atoms with Gasteiger partial charge in [-0.2, -0.15) is 0 Å². The number of benzene rings is 1. The zero-order valence-electron chi connectivity index (χ0n) is 10.3. The summed E-state index contributed by atoms with van der Waals surface area (Å²) < 4.78 is 0. The Labute approximate surface area is 116 Å². The van der Waals surface area contributed by atoms with Crippen LogP contribution in [0.25, 0.3) is 11.3 Å². The Kier molecular flexibility index (Phi) is 3.04. The minimum Gasteiger partial charge on any atom is -0.222 e. The summed E-state index contributed by atoms with van der Waals surface area (Å²) in [5, 5.41) is 0.353. The van der Waals surface area contributed by atoms with Gasteiger partial charge in [0.15, 0.2) is 0 Å². The third kappa shape index (κ3) is 2.02. The van der Waals surface area contributed by atoms with Gasteiger partial charge >= 0.3 is 0 Å². The summed E-state index contributed by atoms with van der Waals surface area (Å²) in [7, 11) is 0. The first-order valence-electron chi connectivity index (χ1n) is 5.92. The SMILES string of the molecule is Cc1ccc(-c2nc(Cl)nc3c2SCC3)c(C)c1. The maximum absolute atomic E-state index is 6.03. The highest BCUT2D eigenvalue weighted by Crippen LogP contribution is 2.39. The van der Waals surface area contributed by atoms with E-state index in [1.54, 1.807) is 0 Å². The molecule has 1 aromatic carbocycles. The maximum atomic E-state index is 6.03. The van der Waals surface area contributed by atoms with Gasteiger partial charge in [-0.25, -0.2) is 9.97 Å². The van der Waals surface area contributed by atoms with Gasteiger partial charge in [0.25, 0.3) is 0 Å². The number of thioether (sulfide) groups is 1. The Bertz CT molecular complexity index is 625. The fourth-order valence-corrected chi connectivity index (χ4v) is 3.59. The van der Waals surface area contributed by atoms with Gasteiger partial charge in [0, 0.05) is 17.7 Å². The van der Waals surface area contributed by atoms with Crippen molar-refractivity contribution in [3.63, 3.8) is 0 Å².